The number of unbranched alkanes of at least 4 members (excludes halogenated alkanes) is 1. The molecule has 0 aromatic heterocycles. The summed E-state index contributed by atoms with van der Waals surface area (Å²) in [5.41, 5.74) is 0.980. The number of amides is 1. The van der Waals surface area contributed by atoms with Gasteiger partial charge in [0.2, 0.25) is 5.91 Å². The van der Waals surface area contributed by atoms with Gasteiger partial charge in [-0.25, -0.2) is 0 Å². The van der Waals surface area contributed by atoms with Gasteiger partial charge in [-0.2, -0.15) is 0 Å². The highest BCUT2D eigenvalue weighted by molar-refractivity contribution is 7.99. The van der Waals surface area contributed by atoms with E-state index >= 15 is 0 Å². The summed E-state index contributed by atoms with van der Waals surface area (Å²) in [5, 5.41) is -0.351. The van der Waals surface area contributed by atoms with Crippen LogP contribution in [0.4, 0.5) is 0 Å². The van der Waals surface area contributed by atoms with Crippen LogP contribution >= 0.6 is 11.8 Å². The second-order valence-electron chi connectivity index (χ2n) is 5.36. The third kappa shape index (κ3) is 7.21. The lowest BCUT2D eigenvalue weighted by atomic mass is 10.2. The monoisotopic (exact) mass is 349 g/mol. The Morgan fingerprint density at radius 3 is 2.54 bits per heavy atom. The number of thioether (sulfide) groups is 1. The summed E-state index contributed by atoms with van der Waals surface area (Å²) in [7, 11) is 0. The zero-order valence-electron chi connectivity index (χ0n) is 14.7. The Bertz CT molecular complexity index is 531. The second kappa shape index (κ2) is 11.7. The standard InChI is InChI=1S/C19H27NO3S/c1-4-6-14-20(15-17(24-3)19(22)23-5-2)18(21)13-12-16-10-8-7-9-11-16/h7-13,17H,4-6,14-15H2,1-3H3. The Morgan fingerprint density at radius 2 is 1.96 bits per heavy atom. The maximum absolute atomic E-state index is 12.5. The highest BCUT2D eigenvalue weighted by Crippen LogP contribution is 2.13. The Balaban J connectivity index is 2.77. The van der Waals surface area contributed by atoms with Gasteiger partial charge in [0.1, 0.15) is 5.25 Å². The van der Waals surface area contributed by atoms with Crippen molar-refractivity contribution in [2.24, 2.45) is 0 Å². The molecule has 0 saturated heterocycles. The van der Waals surface area contributed by atoms with Crippen LogP contribution in [-0.2, 0) is 14.3 Å². The van der Waals surface area contributed by atoms with Crippen molar-refractivity contribution in [2.45, 2.75) is 31.9 Å². The first-order valence-corrected chi connectivity index (χ1v) is 9.62. The number of rotatable bonds is 10. The molecule has 0 radical (unpaired) electrons. The van der Waals surface area contributed by atoms with Crippen LogP contribution in [0, 0.1) is 0 Å². The van der Waals surface area contributed by atoms with Gasteiger partial charge in [-0.15, -0.1) is 11.8 Å². The molecule has 132 valence electrons. The van der Waals surface area contributed by atoms with Gasteiger partial charge in [-0.05, 0) is 31.2 Å². The smallest absolute Gasteiger partial charge is 0.320 e. The van der Waals surface area contributed by atoms with Crippen molar-refractivity contribution < 1.29 is 14.3 Å². The average Bonchev–Trinajstić information content (AvgIpc) is 2.61. The summed E-state index contributed by atoms with van der Waals surface area (Å²) in [5.74, 6) is -0.331. The predicted octanol–water partition coefficient (Wildman–Crippen LogP) is 3.62. The summed E-state index contributed by atoms with van der Waals surface area (Å²) < 4.78 is 5.09. The topological polar surface area (TPSA) is 46.6 Å². The van der Waals surface area contributed by atoms with E-state index in [9.17, 15) is 9.59 Å². The number of hydrogen-bond donors (Lipinski definition) is 0. The first-order chi connectivity index (χ1) is 11.6. The van der Waals surface area contributed by atoms with Gasteiger partial charge in [0.25, 0.3) is 0 Å². The molecule has 0 spiro atoms. The normalized spacial score (nSPS) is 12.1. The molecule has 1 aromatic rings. The van der Waals surface area contributed by atoms with Crippen molar-refractivity contribution in [1.82, 2.24) is 4.90 Å². The van der Waals surface area contributed by atoms with Crippen LogP contribution in [-0.4, -0.2) is 48.0 Å². The first kappa shape index (κ1) is 20.3. The van der Waals surface area contributed by atoms with Crippen molar-refractivity contribution in [1.29, 1.82) is 0 Å². The molecular formula is C19H27NO3S. The number of carbonyl (C=O) groups excluding carboxylic acids is 2. The molecule has 0 aliphatic heterocycles. The van der Waals surface area contributed by atoms with Crippen LogP contribution < -0.4 is 0 Å². The highest BCUT2D eigenvalue weighted by atomic mass is 32.2. The van der Waals surface area contributed by atoms with Gasteiger partial charge >= 0.3 is 5.97 Å². The van der Waals surface area contributed by atoms with Gasteiger partial charge in [0, 0.05) is 19.2 Å². The van der Waals surface area contributed by atoms with E-state index in [0.29, 0.717) is 19.7 Å². The fourth-order valence-electron chi connectivity index (χ4n) is 2.16. The molecule has 0 heterocycles. The Hall–Kier alpha value is -1.75. The van der Waals surface area contributed by atoms with E-state index in [0.717, 1.165) is 18.4 Å². The maximum atomic E-state index is 12.5. The van der Waals surface area contributed by atoms with Gasteiger partial charge in [0.05, 0.1) is 6.61 Å². The van der Waals surface area contributed by atoms with Crippen LogP contribution in [0.5, 0.6) is 0 Å². The number of benzene rings is 1. The van der Waals surface area contributed by atoms with Gasteiger partial charge < -0.3 is 9.64 Å². The molecule has 0 bridgehead atoms. The lowest BCUT2D eigenvalue weighted by Crippen LogP contribution is -2.39. The number of esters is 1. The summed E-state index contributed by atoms with van der Waals surface area (Å²) in [6, 6.07) is 9.70. The molecule has 1 atom stereocenters. The van der Waals surface area contributed by atoms with Crippen LogP contribution in [0.15, 0.2) is 36.4 Å². The lowest BCUT2D eigenvalue weighted by molar-refractivity contribution is -0.143. The van der Waals surface area contributed by atoms with Crippen LogP contribution in [0.2, 0.25) is 0 Å². The summed E-state index contributed by atoms with van der Waals surface area (Å²) >= 11 is 1.42. The molecule has 24 heavy (non-hydrogen) atoms. The molecule has 4 nitrogen and oxygen atoms in total. The number of ether oxygens (including phenoxy) is 1. The SMILES string of the molecule is CCCCN(CC(SC)C(=O)OCC)C(=O)C=Cc1ccccc1. The third-order valence-electron chi connectivity index (χ3n) is 3.53. The van der Waals surface area contributed by atoms with Crippen LogP contribution in [0.1, 0.15) is 32.3 Å². The predicted molar refractivity (Wildman–Crippen MR) is 101 cm³/mol. The van der Waals surface area contributed by atoms with E-state index in [1.54, 1.807) is 24.0 Å². The number of nitrogens with zero attached hydrogens (tertiary/aromatic N) is 1. The molecule has 0 N–H and O–H groups in total. The third-order valence-corrected chi connectivity index (χ3v) is 4.44. The minimum Gasteiger partial charge on any atom is -0.465 e. The average molecular weight is 349 g/mol. The molecular weight excluding hydrogens is 322 g/mol. The molecule has 5 heteroatoms. The zero-order chi connectivity index (χ0) is 17.8. The second-order valence-corrected chi connectivity index (χ2v) is 6.40. The van der Waals surface area contributed by atoms with E-state index in [1.165, 1.54) is 11.8 Å². The largest absolute Gasteiger partial charge is 0.465 e. The van der Waals surface area contributed by atoms with Gasteiger partial charge in [-0.3, -0.25) is 9.59 Å². The Morgan fingerprint density at radius 1 is 1.25 bits per heavy atom. The molecule has 1 unspecified atom stereocenters. The first-order valence-electron chi connectivity index (χ1n) is 8.33. The molecule has 0 aliphatic rings. The maximum Gasteiger partial charge on any atom is 0.320 e. The van der Waals surface area contributed by atoms with E-state index in [4.69, 9.17) is 4.74 Å². The van der Waals surface area contributed by atoms with Crippen molar-refractivity contribution in [3.8, 4) is 0 Å². The van der Waals surface area contributed by atoms with E-state index < -0.39 is 0 Å². The van der Waals surface area contributed by atoms with E-state index in [-0.39, 0.29) is 17.1 Å². The molecule has 0 aliphatic carbocycles. The summed E-state index contributed by atoms with van der Waals surface area (Å²) in [4.78, 5) is 26.3. The number of carbonyl (C=O) groups is 2. The fraction of sp³-hybridized carbons (Fsp3) is 0.474. The minimum absolute atomic E-state index is 0.0735. The van der Waals surface area contributed by atoms with Gasteiger partial charge in [-0.1, -0.05) is 43.7 Å². The summed E-state index contributed by atoms with van der Waals surface area (Å²) in [6.45, 7) is 5.24. The van der Waals surface area contributed by atoms with Crippen molar-refractivity contribution in [2.75, 3.05) is 26.0 Å². The van der Waals surface area contributed by atoms with Crippen LogP contribution in [0.3, 0.4) is 0 Å². The van der Waals surface area contributed by atoms with Crippen LogP contribution in [0.25, 0.3) is 6.08 Å². The molecule has 1 amide bonds. The zero-order valence-corrected chi connectivity index (χ0v) is 15.6. The Labute approximate surface area is 149 Å². The van der Waals surface area contributed by atoms with Crippen molar-refractivity contribution in [3.63, 3.8) is 0 Å². The minimum atomic E-state index is -0.351. The molecule has 1 rings (SSSR count). The Kier molecular flexibility index (Phi) is 9.92. The lowest BCUT2D eigenvalue weighted by Gasteiger charge is -2.25. The quantitative estimate of drug-likeness (QED) is 0.478. The number of hydrogen-bond acceptors (Lipinski definition) is 4. The molecule has 1 aromatic carbocycles. The van der Waals surface area contributed by atoms with E-state index in [1.807, 2.05) is 36.6 Å². The van der Waals surface area contributed by atoms with E-state index in [2.05, 4.69) is 6.92 Å². The van der Waals surface area contributed by atoms with Crippen molar-refractivity contribution >= 4 is 29.7 Å². The van der Waals surface area contributed by atoms with Crippen molar-refractivity contribution in [3.05, 3.63) is 42.0 Å². The van der Waals surface area contributed by atoms with Gasteiger partial charge in [0.15, 0.2) is 0 Å². The molecule has 0 fully saturated rings. The summed E-state index contributed by atoms with van der Waals surface area (Å²) in [6.07, 6.45) is 7.15. The highest BCUT2D eigenvalue weighted by Gasteiger charge is 2.23. The fourth-order valence-corrected chi connectivity index (χ4v) is 2.75. The molecule has 0 saturated carbocycles.